The van der Waals surface area contributed by atoms with E-state index in [-0.39, 0.29) is 11.6 Å². The molecular weight excluding hydrogens is 364 g/mol. The van der Waals surface area contributed by atoms with Gasteiger partial charge < -0.3 is 15.0 Å². The van der Waals surface area contributed by atoms with E-state index in [4.69, 9.17) is 16.3 Å². The highest BCUT2D eigenvalue weighted by molar-refractivity contribution is 6.31. The number of hydrogen-bond acceptors (Lipinski definition) is 5. The molecule has 3 aromatic rings. The average molecular weight is 383 g/mol. The van der Waals surface area contributed by atoms with Crippen molar-refractivity contribution in [2.24, 2.45) is 0 Å². The van der Waals surface area contributed by atoms with Crippen molar-refractivity contribution in [2.75, 3.05) is 19.5 Å². The monoisotopic (exact) mass is 382 g/mol. The summed E-state index contributed by atoms with van der Waals surface area (Å²) in [5.74, 6) is 0.917. The van der Waals surface area contributed by atoms with Crippen molar-refractivity contribution in [3.8, 4) is 5.75 Å². The second-order valence-electron chi connectivity index (χ2n) is 5.90. The smallest absolute Gasteiger partial charge is 0.274 e. The predicted octanol–water partition coefficient (Wildman–Crippen LogP) is 4.15. The number of methoxy groups -OCH3 is 1. The lowest BCUT2D eigenvalue weighted by Crippen LogP contribution is -2.27. The number of ether oxygens (including phenoxy) is 1. The van der Waals surface area contributed by atoms with E-state index in [1.807, 2.05) is 30.3 Å². The fourth-order valence-corrected chi connectivity index (χ4v) is 2.72. The van der Waals surface area contributed by atoms with Crippen LogP contribution in [0.25, 0.3) is 0 Å². The van der Waals surface area contributed by atoms with Gasteiger partial charge in [-0.1, -0.05) is 41.9 Å². The summed E-state index contributed by atoms with van der Waals surface area (Å²) in [5.41, 5.74) is 1.99. The number of nitrogens with zero attached hydrogens (tertiary/aromatic N) is 3. The summed E-state index contributed by atoms with van der Waals surface area (Å²) in [6, 6.07) is 15.0. The molecule has 0 atom stereocenters. The molecular formula is C20H19ClN4O2. The Balaban J connectivity index is 1.70. The van der Waals surface area contributed by atoms with Gasteiger partial charge in [-0.05, 0) is 23.8 Å². The molecule has 1 N–H and O–H groups in total. The Morgan fingerprint density at radius 1 is 1.15 bits per heavy atom. The largest absolute Gasteiger partial charge is 0.495 e. The summed E-state index contributed by atoms with van der Waals surface area (Å²) in [4.78, 5) is 22.6. The predicted molar refractivity (Wildman–Crippen MR) is 106 cm³/mol. The maximum Gasteiger partial charge on any atom is 0.274 e. The highest BCUT2D eigenvalue weighted by Crippen LogP contribution is 2.29. The van der Waals surface area contributed by atoms with Crippen LogP contribution < -0.4 is 10.1 Å². The Morgan fingerprint density at radius 3 is 2.59 bits per heavy atom. The zero-order valence-electron chi connectivity index (χ0n) is 15.0. The normalized spacial score (nSPS) is 10.3. The summed E-state index contributed by atoms with van der Waals surface area (Å²) in [5, 5.41) is 3.66. The average Bonchev–Trinajstić information content (AvgIpc) is 2.69. The Labute approximate surface area is 162 Å². The van der Waals surface area contributed by atoms with Crippen molar-refractivity contribution in [1.82, 2.24) is 14.9 Å². The molecule has 0 spiro atoms. The molecule has 0 aliphatic rings. The third kappa shape index (κ3) is 4.74. The van der Waals surface area contributed by atoms with Gasteiger partial charge in [-0.15, -0.1) is 0 Å². The number of benzene rings is 2. The fraction of sp³-hybridized carbons (Fsp3) is 0.150. The molecule has 3 rings (SSSR count). The van der Waals surface area contributed by atoms with E-state index in [9.17, 15) is 4.79 Å². The van der Waals surface area contributed by atoms with Gasteiger partial charge in [0.2, 0.25) is 0 Å². The number of carbonyl (C=O) groups excluding carboxylic acids is 1. The van der Waals surface area contributed by atoms with E-state index >= 15 is 0 Å². The zero-order chi connectivity index (χ0) is 19.2. The zero-order valence-corrected chi connectivity index (χ0v) is 15.8. The summed E-state index contributed by atoms with van der Waals surface area (Å²) >= 11 is 6.03. The number of aromatic nitrogens is 2. The van der Waals surface area contributed by atoms with Crippen molar-refractivity contribution < 1.29 is 9.53 Å². The van der Waals surface area contributed by atoms with E-state index in [0.717, 1.165) is 5.56 Å². The van der Waals surface area contributed by atoms with Crippen LogP contribution in [-0.4, -0.2) is 34.9 Å². The van der Waals surface area contributed by atoms with Crippen LogP contribution in [0.1, 0.15) is 16.1 Å². The van der Waals surface area contributed by atoms with Crippen molar-refractivity contribution in [3.05, 3.63) is 77.2 Å². The van der Waals surface area contributed by atoms with Crippen molar-refractivity contribution >= 4 is 29.0 Å². The molecule has 0 bridgehead atoms. The number of carbonyl (C=O) groups is 1. The fourth-order valence-electron chi connectivity index (χ4n) is 2.54. The summed E-state index contributed by atoms with van der Waals surface area (Å²) < 4.78 is 5.29. The first-order chi connectivity index (χ1) is 13.1. The minimum absolute atomic E-state index is 0.196. The van der Waals surface area contributed by atoms with Gasteiger partial charge in [0.25, 0.3) is 5.91 Å². The summed E-state index contributed by atoms with van der Waals surface area (Å²) in [6.45, 7) is 0.501. The van der Waals surface area contributed by atoms with Crippen LogP contribution in [0.5, 0.6) is 5.75 Å². The molecule has 7 heteroatoms. The number of nitrogens with one attached hydrogen (secondary N) is 1. The Morgan fingerprint density at radius 2 is 1.93 bits per heavy atom. The molecule has 0 unspecified atom stereocenters. The molecule has 1 heterocycles. The maximum absolute atomic E-state index is 12.5. The van der Waals surface area contributed by atoms with E-state index in [1.54, 1.807) is 37.3 Å². The Hall–Kier alpha value is -3.12. The van der Waals surface area contributed by atoms with Crippen LogP contribution in [-0.2, 0) is 6.54 Å². The van der Waals surface area contributed by atoms with Gasteiger partial charge in [0.05, 0.1) is 25.2 Å². The molecule has 0 saturated heterocycles. The molecule has 2 aromatic carbocycles. The second-order valence-corrected chi connectivity index (χ2v) is 6.34. The minimum Gasteiger partial charge on any atom is -0.495 e. The van der Waals surface area contributed by atoms with E-state index in [2.05, 4.69) is 15.3 Å². The van der Waals surface area contributed by atoms with Gasteiger partial charge in [0.1, 0.15) is 17.3 Å². The molecule has 0 aliphatic carbocycles. The van der Waals surface area contributed by atoms with Gasteiger partial charge in [0, 0.05) is 18.6 Å². The van der Waals surface area contributed by atoms with E-state index in [1.165, 1.54) is 12.4 Å². The SMILES string of the molecule is COc1ccc(Cl)cc1Nc1cnc(C(=O)N(C)Cc2ccccc2)cn1. The van der Waals surface area contributed by atoms with Crippen molar-refractivity contribution in [2.45, 2.75) is 6.54 Å². The quantitative estimate of drug-likeness (QED) is 0.693. The lowest BCUT2D eigenvalue weighted by molar-refractivity contribution is 0.0779. The summed E-state index contributed by atoms with van der Waals surface area (Å²) in [7, 11) is 3.31. The molecule has 0 fully saturated rings. The highest BCUT2D eigenvalue weighted by atomic mass is 35.5. The molecule has 27 heavy (non-hydrogen) atoms. The van der Waals surface area contributed by atoms with Crippen LogP contribution in [0.15, 0.2) is 60.9 Å². The number of anilines is 2. The molecule has 1 amide bonds. The number of amides is 1. The number of halogens is 1. The summed E-state index contributed by atoms with van der Waals surface area (Å²) in [6.07, 6.45) is 2.95. The molecule has 1 aromatic heterocycles. The second kappa shape index (κ2) is 8.51. The van der Waals surface area contributed by atoms with Gasteiger partial charge in [0.15, 0.2) is 0 Å². The number of rotatable bonds is 6. The van der Waals surface area contributed by atoms with Crippen LogP contribution in [0.2, 0.25) is 5.02 Å². The Kier molecular flexibility index (Phi) is 5.88. The van der Waals surface area contributed by atoms with Crippen LogP contribution in [0.3, 0.4) is 0 Å². The molecule has 6 nitrogen and oxygen atoms in total. The van der Waals surface area contributed by atoms with Crippen molar-refractivity contribution in [1.29, 1.82) is 0 Å². The first kappa shape index (κ1) is 18.7. The third-order valence-electron chi connectivity index (χ3n) is 3.90. The molecule has 0 radical (unpaired) electrons. The standard InChI is InChI=1S/C20H19ClN4O2/c1-25(13-14-6-4-3-5-7-14)20(26)17-11-23-19(12-22-17)24-16-10-15(21)8-9-18(16)27-2/h3-12H,13H2,1-2H3,(H,23,24). The van der Waals surface area contributed by atoms with E-state index in [0.29, 0.717) is 28.8 Å². The van der Waals surface area contributed by atoms with Gasteiger partial charge >= 0.3 is 0 Å². The lowest BCUT2D eigenvalue weighted by atomic mass is 10.2. The number of hydrogen-bond donors (Lipinski definition) is 1. The Bertz CT molecular complexity index is 917. The van der Waals surface area contributed by atoms with Gasteiger partial charge in [-0.3, -0.25) is 4.79 Å². The van der Waals surface area contributed by atoms with Gasteiger partial charge in [-0.2, -0.15) is 0 Å². The lowest BCUT2D eigenvalue weighted by Gasteiger charge is -2.17. The van der Waals surface area contributed by atoms with E-state index < -0.39 is 0 Å². The van der Waals surface area contributed by atoms with Crippen molar-refractivity contribution in [3.63, 3.8) is 0 Å². The molecule has 0 saturated carbocycles. The third-order valence-corrected chi connectivity index (χ3v) is 4.14. The van der Waals surface area contributed by atoms with Crippen LogP contribution in [0.4, 0.5) is 11.5 Å². The van der Waals surface area contributed by atoms with Gasteiger partial charge in [-0.25, -0.2) is 9.97 Å². The molecule has 138 valence electrons. The van der Waals surface area contributed by atoms with Crippen LogP contribution in [0, 0.1) is 0 Å². The first-order valence-electron chi connectivity index (χ1n) is 8.29. The highest BCUT2D eigenvalue weighted by Gasteiger charge is 2.14. The first-order valence-corrected chi connectivity index (χ1v) is 8.66. The topological polar surface area (TPSA) is 67.3 Å². The maximum atomic E-state index is 12.5. The van der Waals surface area contributed by atoms with Crippen LogP contribution >= 0.6 is 11.6 Å². The molecule has 0 aliphatic heterocycles. The minimum atomic E-state index is -0.196.